The van der Waals surface area contributed by atoms with Gasteiger partial charge in [-0.3, -0.25) is 9.69 Å². The quantitative estimate of drug-likeness (QED) is 0.234. The van der Waals surface area contributed by atoms with E-state index in [4.69, 9.17) is 24.5 Å². The van der Waals surface area contributed by atoms with Crippen molar-refractivity contribution in [3.05, 3.63) is 70.9 Å². The van der Waals surface area contributed by atoms with E-state index < -0.39 is 59.6 Å². The summed E-state index contributed by atoms with van der Waals surface area (Å²) < 4.78 is 83.3. The van der Waals surface area contributed by atoms with Crippen LogP contribution in [0, 0.1) is 0 Å². The third-order valence-electron chi connectivity index (χ3n) is 5.20. The summed E-state index contributed by atoms with van der Waals surface area (Å²) in [7, 11) is 3.26. The number of nitrogens with one attached hydrogen (secondary N) is 1. The molecule has 38 heavy (non-hydrogen) atoms. The summed E-state index contributed by atoms with van der Waals surface area (Å²) in [5.74, 6) is -4.41. The first kappa shape index (κ1) is 30.2. The molecule has 0 aliphatic carbocycles. The highest BCUT2D eigenvalue weighted by Crippen LogP contribution is 2.36. The Balaban J connectivity index is 0.000000757. The van der Waals surface area contributed by atoms with Gasteiger partial charge < -0.3 is 19.9 Å². The zero-order valence-electron chi connectivity index (χ0n) is 19.9. The van der Waals surface area contributed by atoms with Crippen LogP contribution in [0.3, 0.4) is 0 Å². The molecular weight excluding hydrogens is 526 g/mol. The summed E-state index contributed by atoms with van der Waals surface area (Å²) >= 11 is 0. The van der Waals surface area contributed by atoms with E-state index in [-0.39, 0.29) is 12.5 Å². The van der Waals surface area contributed by atoms with Crippen molar-refractivity contribution in [1.82, 2.24) is 9.88 Å². The van der Waals surface area contributed by atoms with Gasteiger partial charge in [-0.05, 0) is 49.5 Å². The fourth-order valence-electron chi connectivity index (χ4n) is 3.34. The molecule has 8 nitrogen and oxygen atoms in total. The largest absolute Gasteiger partial charge is 0.473 e. The van der Waals surface area contributed by atoms with Gasteiger partial charge in [-0.2, -0.15) is 26.3 Å². The fraction of sp³-hybridized carbons (Fsp3) is 0.292. The number of nitrogens with zero attached hydrogens (tertiary/aromatic N) is 1. The highest BCUT2D eigenvalue weighted by Gasteiger charge is 2.37. The Bertz CT molecular complexity index is 1260. The first-order chi connectivity index (χ1) is 17.5. The predicted molar refractivity (Wildman–Crippen MR) is 121 cm³/mol. The number of aliphatic carboxylic acids is 2. The second kappa shape index (κ2) is 12.0. The zero-order chi connectivity index (χ0) is 28.8. The lowest BCUT2D eigenvalue weighted by Gasteiger charge is -2.22. The number of esters is 1. The molecule has 3 rings (SSSR count). The van der Waals surface area contributed by atoms with Crippen LogP contribution in [0.25, 0.3) is 10.9 Å². The molecule has 1 heterocycles. The number of para-hydroxylation sites is 1. The number of fused-ring (bicyclic) bond motifs is 1. The predicted octanol–water partition coefficient (Wildman–Crippen LogP) is 4.58. The Morgan fingerprint density at radius 3 is 1.92 bits per heavy atom. The van der Waals surface area contributed by atoms with Crippen LogP contribution in [-0.4, -0.2) is 58.1 Å². The summed E-state index contributed by atoms with van der Waals surface area (Å²) in [6, 6.07) is 7.78. The van der Waals surface area contributed by atoms with E-state index in [2.05, 4.69) is 4.98 Å². The van der Waals surface area contributed by atoms with Gasteiger partial charge in [-0.25, -0.2) is 9.59 Å². The maximum atomic E-state index is 13.0. The number of aromatic nitrogens is 1. The molecule has 0 aliphatic rings. The van der Waals surface area contributed by atoms with E-state index in [1.54, 1.807) is 25.2 Å². The molecule has 2 aromatic carbocycles. The first-order valence-electron chi connectivity index (χ1n) is 10.6. The molecular formula is C24H22F6N2O6. The van der Waals surface area contributed by atoms with E-state index >= 15 is 0 Å². The lowest BCUT2D eigenvalue weighted by Crippen LogP contribution is -2.38. The Morgan fingerprint density at radius 1 is 0.921 bits per heavy atom. The SMILES string of the molecule is CN(C)C(Cc1c[nH]c2ccccc12)C(=O)OCc1cc(C(F)(F)F)cc(C(F)(F)F)c1.O=C(O)C(=O)O. The van der Waals surface area contributed by atoms with Crippen LogP contribution in [0.15, 0.2) is 48.7 Å². The molecule has 0 radical (unpaired) electrons. The molecule has 206 valence electrons. The van der Waals surface area contributed by atoms with Crippen LogP contribution in [-0.2, 0) is 44.5 Å². The number of likely N-dealkylation sites (N-methyl/N-ethyl adjacent to an activating group) is 1. The highest BCUT2D eigenvalue weighted by atomic mass is 19.4. The number of carbonyl (C=O) groups is 3. The average molecular weight is 548 g/mol. The minimum atomic E-state index is -4.97. The molecule has 0 fully saturated rings. The molecule has 0 saturated heterocycles. The number of halogens is 6. The average Bonchev–Trinajstić information content (AvgIpc) is 3.22. The van der Waals surface area contributed by atoms with E-state index in [1.807, 2.05) is 24.3 Å². The van der Waals surface area contributed by atoms with Crippen molar-refractivity contribution in [3.8, 4) is 0 Å². The third-order valence-corrected chi connectivity index (χ3v) is 5.20. The van der Waals surface area contributed by atoms with Crippen molar-refractivity contribution in [2.45, 2.75) is 31.4 Å². The lowest BCUT2D eigenvalue weighted by molar-refractivity contribution is -0.159. The fourth-order valence-corrected chi connectivity index (χ4v) is 3.34. The molecule has 14 heteroatoms. The minimum absolute atomic E-state index is 0.0327. The molecule has 0 bridgehead atoms. The second-order valence-electron chi connectivity index (χ2n) is 8.18. The van der Waals surface area contributed by atoms with Gasteiger partial charge in [0.1, 0.15) is 12.6 Å². The minimum Gasteiger partial charge on any atom is -0.473 e. The van der Waals surface area contributed by atoms with Crippen molar-refractivity contribution in [2.75, 3.05) is 14.1 Å². The number of ether oxygens (including phenoxy) is 1. The summed E-state index contributed by atoms with van der Waals surface area (Å²) in [6.45, 7) is -0.718. The molecule has 0 spiro atoms. The number of rotatable bonds is 6. The molecule has 3 aromatic rings. The maximum Gasteiger partial charge on any atom is 0.416 e. The van der Waals surface area contributed by atoms with Crippen molar-refractivity contribution >= 4 is 28.8 Å². The van der Waals surface area contributed by atoms with Gasteiger partial charge >= 0.3 is 30.3 Å². The highest BCUT2D eigenvalue weighted by molar-refractivity contribution is 6.27. The Morgan fingerprint density at radius 2 is 1.45 bits per heavy atom. The van der Waals surface area contributed by atoms with Crippen molar-refractivity contribution in [3.63, 3.8) is 0 Å². The van der Waals surface area contributed by atoms with E-state index in [0.717, 1.165) is 16.5 Å². The monoisotopic (exact) mass is 548 g/mol. The summed E-state index contributed by atoms with van der Waals surface area (Å²) in [4.78, 5) is 35.5. The maximum absolute atomic E-state index is 13.0. The summed E-state index contributed by atoms with van der Waals surface area (Å²) in [6.07, 6.45) is -7.95. The number of H-pyrrole nitrogens is 1. The zero-order valence-corrected chi connectivity index (χ0v) is 19.9. The van der Waals surface area contributed by atoms with Crippen molar-refractivity contribution < 1.29 is 55.7 Å². The Kier molecular flexibility index (Phi) is 9.51. The van der Waals surface area contributed by atoms with Gasteiger partial charge in [0.15, 0.2) is 0 Å². The standard InChI is InChI=1S/C22H20F6N2O2.C2H2O4/c1-30(2)19(9-14-11-29-18-6-4-3-5-17(14)18)20(31)32-12-13-7-15(21(23,24)25)10-16(8-13)22(26,27)28;3-1(4)2(5)6/h3-8,10-11,19,29H,9,12H2,1-2H3;(H,3,4)(H,5,6). The smallest absolute Gasteiger partial charge is 0.416 e. The molecule has 0 aliphatic heterocycles. The Labute approximate surface area is 211 Å². The van der Waals surface area contributed by atoms with Gasteiger partial charge in [0.25, 0.3) is 0 Å². The summed E-state index contributed by atoms with van der Waals surface area (Å²) in [5.41, 5.74) is -1.61. The lowest BCUT2D eigenvalue weighted by atomic mass is 10.0. The van der Waals surface area contributed by atoms with Crippen molar-refractivity contribution in [2.24, 2.45) is 0 Å². The number of carboxylic acid groups (broad SMARTS) is 2. The number of hydrogen-bond acceptors (Lipinski definition) is 5. The van der Waals surface area contributed by atoms with Crippen LogP contribution in [0.2, 0.25) is 0 Å². The number of benzene rings is 2. The van der Waals surface area contributed by atoms with Crippen LogP contribution in [0.5, 0.6) is 0 Å². The van der Waals surface area contributed by atoms with E-state index in [0.29, 0.717) is 12.1 Å². The number of carbonyl (C=O) groups excluding carboxylic acids is 1. The van der Waals surface area contributed by atoms with E-state index in [1.165, 1.54) is 0 Å². The molecule has 0 saturated carbocycles. The van der Waals surface area contributed by atoms with E-state index in [9.17, 15) is 31.1 Å². The Hall–Kier alpha value is -4.07. The van der Waals surface area contributed by atoms with Gasteiger partial charge in [-0.15, -0.1) is 0 Å². The number of hydrogen-bond donors (Lipinski definition) is 3. The number of alkyl halides is 6. The normalized spacial score (nSPS) is 12.6. The molecule has 3 N–H and O–H groups in total. The van der Waals surface area contributed by atoms with Crippen molar-refractivity contribution in [1.29, 1.82) is 0 Å². The van der Waals surface area contributed by atoms with Gasteiger partial charge in [-0.1, -0.05) is 18.2 Å². The first-order valence-corrected chi connectivity index (χ1v) is 10.6. The molecule has 1 aromatic heterocycles. The number of aromatic amines is 1. The molecule has 1 atom stereocenters. The third kappa shape index (κ3) is 8.23. The van der Waals surface area contributed by atoms with Crippen LogP contribution < -0.4 is 0 Å². The molecule has 0 amide bonds. The molecule has 1 unspecified atom stereocenters. The van der Waals surface area contributed by atoms with Gasteiger partial charge in [0.05, 0.1) is 11.1 Å². The van der Waals surface area contributed by atoms with Crippen LogP contribution >= 0.6 is 0 Å². The summed E-state index contributed by atoms with van der Waals surface area (Å²) in [5, 5.41) is 15.7. The topological polar surface area (TPSA) is 120 Å². The van der Waals surface area contributed by atoms with Gasteiger partial charge in [0, 0.05) is 23.5 Å². The van der Waals surface area contributed by atoms with Crippen LogP contribution in [0.1, 0.15) is 22.3 Å². The van der Waals surface area contributed by atoms with Crippen LogP contribution in [0.4, 0.5) is 26.3 Å². The number of carboxylic acids is 2. The second-order valence-corrected chi connectivity index (χ2v) is 8.18. The van der Waals surface area contributed by atoms with Gasteiger partial charge in [0.2, 0.25) is 0 Å².